The number of nitrogens with zero attached hydrogens (tertiary/aromatic N) is 5. The van der Waals surface area contributed by atoms with Gasteiger partial charge in [-0.2, -0.15) is 11.8 Å². The van der Waals surface area contributed by atoms with E-state index in [1.54, 1.807) is 48.4 Å². The zero-order valence-corrected chi connectivity index (χ0v) is 33.8. The van der Waals surface area contributed by atoms with E-state index in [1.807, 2.05) is 20.8 Å². The molecule has 5 heterocycles. The van der Waals surface area contributed by atoms with Gasteiger partial charge in [0.25, 0.3) is 5.91 Å². The minimum Gasteiger partial charge on any atom is -0.481 e. The van der Waals surface area contributed by atoms with Crippen molar-refractivity contribution in [3.8, 4) is 0 Å². The number of piperidine rings is 2. The molecule has 3 saturated heterocycles. The second-order valence-electron chi connectivity index (χ2n) is 15.6. The molecule has 0 spiro atoms. The maximum atomic E-state index is 14.3. The Labute approximate surface area is 326 Å². The Balaban J connectivity index is 1.29. The molecule has 0 radical (unpaired) electrons. The fourth-order valence-electron chi connectivity index (χ4n) is 7.71. The van der Waals surface area contributed by atoms with Crippen LogP contribution >= 0.6 is 23.1 Å². The molecule has 3 aliphatic heterocycles. The van der Waals surface area contributed by atoms with Crippen molar-refractivity contribution in [3.05, 3.63) is 39.9 Å². The lowest BCUT2D eigenvalue weighted by molar-refractivity contribution is -0.149. The average molecular weight is 786 g/mol. The van der Waals surface area contributed by atoms with Gasteiger partial charge in [0.1, 0.15) is 22.6 Å². The van der Waals surface area contributed by atoms with Crippen LogP contribution in [0, 0.1) is 30.6 Å². The first-order valence-corrected chi connectivity index (χ1v) is 21.1. The van der Waals surface area contributed by atoms with Crippen LogP contribution in [0.15, 0.2) is 17.8 Å². The maximum Gasteiger partial charge on any atom is 0.306 e. The normalized spacial score (nSPS) is 22.5. The van der Waals surface area contributed by atoms with Gasteiger partial charge in [-0.25, -0.2) is 15.0 Å². The Morgan fingerprint density at radius 1 is 1.06 bits per heavy atom. The van der Waals surface area contributed by atoms with Gasteiger partial charge in [-0.3, -0.25) is 28.9 Å². The Bertz CT molecular complexity index is 1640. The fourth-order valence-corrected chi connectivity index (χ4v) is 9.44. The Kier molecular flexibility index (Phi) is 14.5. The van der Waals surface area contributed by atoms with E-state index in [4.69, 9.17) is 4.74 Å². The van der Waals surface area contributed by atoms with Crippen molar-refractivity contribution in [2.75, 3.05) is 31.6 Å². The quantitative estimate of drug-likeness (QED) is 0.197. The van der Waals surface area contributed by atoms with Crippen molar-refractivity contribution in [3.63, 3.8) is 0 Å². The Morgan fingerprint density at radius 3 is 2.41 bits per heavy atom. The van der Waals surface area contributed by atoms with Gasteiger partial charge in [0.15, 0.2) is 6.10 Å². The Morgan fingerprint density at radius 2 is 1.78 bits per heavy atom. The second kappa shape index (κ2) is 18.8. The monoisotopic (exact) mass is 785 g/mol. The number of carbonyl (C=O) groups excluding carboxylic acids is 4. The zero-order chi connectivity index (χ0) is 39.1. The molecular weight excluding hydrogens is 731 g/mol. The first kappa shape index (κ1) is 41.5. The minimum atomic E-state index is -0.980. The molecule has 3 N–H and O–H groups in total. The van der Waals surface area contributed by atoms with Gasteiger partial charge in [0.2, 0.25) is 11.8 Å². The molecule has 3 fully saturated rings. The van der Waals surface area contributed by atoms with Gasteiger partial charge in [-0.05, 0) is 74.5 Å². The number of aryl methyl sites for hydroxylation is 1. The van der Waals surface area contributed by atoms with Gasteiger partial charge in [0, 0.05) is 69.1 Å². The first-order valence-electron chi connectivity index (χ1n) is 19.0. The summed E-state index contributed by atoms with van der Waals surface area (Å²) in [4.78, 5) is 82.8. The molecule has 3 amide bonds. The average Bonchev–Trinajstić information content (AvgIpc) is 3.60. The van der Waals surface area contributed by atoms with Gasteiger partial charge >= 0.3 is 11.9 Å². The number of likely N-dealkylation sites (N-methyl/N-ethyl adjacent to an activating group) is 1. The molecule has 2 aromatic heterocycles. The molecule has 0 aromatic carbocycles. The number of nitrogens with one attached hydrogen (secondary N) is 2. The van der Waals surface area contributed by atoms with E-state index < -0.39 is 42.0 Å². The summed E-state index contributed by atoms with van der Waals surface area (Å²) in [5.74, 6) is -0.277. The summed E-state index contributed by atoms with van der Waals surface area (Å²) in [6.07, 6.45) is 7.26. The summed E-state index contributed by atoms with van der Waals surface area (Å²) in [5, 5.41) is 17.6. The van der Waals surface area contributed by atoms with E-state index in [-0.39, 0.29) is 60.7 Å². The highest BCUT2D eigenvalue weighted by molar-refractivity contribution is 8.00. The number of amides is 3. The van der Waals surface area contributed by atoms with Gasteiger partial charge in [-0.1, -0.05) is 20.8 Å². The number of hydrogen-bond acceptors (Lipinski definition) is 12. The van der Waals surface area contributed by atoms with Crippen LogP contribution in [-0.4, -0.2) is 115 Å². The number of aliphatic carboxylic acids is 1. The molecule has 14 nitrogen and oxygen atoms in total. The molecule has 296 valence electrons. The molecule has 5 rings (SSSR count). The largest absolute Gasteiger partial charge is 0.481 e. The number of hydrogen-bond donors (Lipinski definition) is 3. The van der Waals surface area contributed by atoms with Gasteiger partial charge in [-0.15, -0.1) is 11.3 Å². The van der Waals surface area contributed by atoms with Crippen LogP contribution < -0.4 is 10.6 Å². The van der Waals surface area contributed by atoms with Crippen molar-refractivity contribution in [1.82, 2.24) is 35.4 Å². The van der Waals surface area contributed by atoms with Crippen molar-refractivity contribution in [1.29, 1.82) is 0 Å². The number of carboxylic acid groups (broad SMARTS) is 1. The Hall–Kier alpha value is -3.63. The fraction of sp³-hybridized carbons (Fsp3) is 0.684. The maximum absolute atomic E-state index is 14.3. The molecule has 3 aliphatic rings. The number of thiazole rings is 1. The van der Waals surface area contributed by atoms with E-state index >= 15 is 0 Å². The number of esters is 1. The van der Waals surface area contributed by atoms with E-state index in [1.165, 1.54) is 24.7 Å². The number of aromatic nitrogens is 3. The summed E-state index contributed by atoms with van der Waals surface area (Å²) in [6.45, 7) is 10.6. The molecule has 0 saturated carbocycles. The van der Waals surface area contributed by atoms with Crippen molar-refractivity contribution in [2.45, 2.75) is 110 Å². The molecule has 16 heteroatoms. The van der Waals surface area contributed by atoms with Gasteiger partial charge < -0.3 is 25.4 Å². The predicted octanol–water partition coefficient (Wildman–Crippen LogP) is 3.89. The summed E-state index contributed by atoms with van der Waals surface area (Å²) in [6, 6.07) is -1.84. The predicted molar refractivity (Wildman–Crippen MR) is 206 cm³/mol. The summed E-state index contributed by atoms with van der Waals surface area (Å²) < 4.78 is 5.79. The number of carboxylic acids is 1. The molecule has 8 atom stereocenters. The third kappa shape index (κ3) is 10.8. The number of rotatable bonds is 17. The number of ether oxygens (including phenoxy) is 1. The van der Waals surface area contributed by atoms with Crippen molar-refractivity contribution < 1.29 is 33.8 Å². The first-order chi connectivity index (χ1) is 25.7. The minimum absolute atomic E-state index is 0.0311. The van der Waals surface area contributed by atoms with E-state index in [0.29, 0.717) is 16.7 Å². The van der Waals surface area contributed by atoms with Crippen LogP contribution in [0.3, 0.4) is 0 Å². The van der Waals surface area contributed by atoms with E-state index in [0.717, 1.165) is 49.4 Å². The van der Waals surface area contributed by atoms with Crippen LogP contribution in [0.5, 0.6) is 0 Å². The summed E-state index contributed by atoms with van der Waals surface area (Å²) >= 11 is 2.93. The summed E-state index contributed by atoms with van der Waals surface area (Å²) in [7, 11) is 1.75. The number of thioether (sulfide) groups is 1. The van der Waals surface area contributed by atoms with Crippen LogP contribution in [0.1, 0.15) is 99.2 Å². The highest BCUT2D eigenvalue weighted by Gasteiger charge is 2.42. The van der Waals surface area contributed by atoms with Crippen molar-refractivity contribution in [2.24, 2.45) is 23.7 Å². The topological polar surface area (TPSA) is 184 Å². The van der Waals surface area contributed by atoms with Gasteiger partial charge in [0.05, 0.1) is 12.0 Å². The lowest BCUT2D eigenvalue weighted by Gasteiger charge is -2.44. The SMILES string of the molecule is CC(=O)O[C@H](C[C@H](C(C)C)N(C)C(=O)[C@@H](NC(=O)[C@H]1CCC2CCCN1C2)C1CSC1)c1nc(C(=O)N[C@@H](Cc2ncc(C)cn2)C[C@H](C)C(=O)O)cs1. The molecule has 2 bridgehead atoms. The van der Waals surface area contributed by atoms with Crippen LogP contribution in [0.4, 0.5) is 0 Å². The third-order valence-corrected chi connectivity index (χ3v) is 13.2. The molecular formula is C38H55N7O7S2. The number of carbonyl (C=O) groups is 5. The highest BCUT2D eigenvalue weighted by Crippen LogP contribution is 2.34. The van der Waals surface area contributed by atoms with Crippen LogP contribution in [-0.2, 0) is 30.3 Å². The van der Waals surface area contributed by atoms with Crippen LogP contribution in [0.2, 0.25) is 0 Å². The zero-order valence-electron chi connectivity index (χ0n) is 32.2. The molecule has 2 aromatic rings. The molecule has 54 heavy (non-hydrogen) atoms. The highest BCUT2D eigenvalue weighted by atomic mass is 32.2. The second-order valence-corrected chi connectivity index (χ2v) is 17.5. The molecule has 0 aliphatic carbocycles. The van der Waals surface area contributed by atoms with Crippen molar-refractivity contribution >= 4 is 52.8 Å². The molecule has 2 unspecified atom stereocenters. The summed E-state index contributed by atoms with van der Waals surface area (Å²) in [5.41, 5.74) is 0.980. The van der Waals surface area contributed by atoms with E-state index in [9.17, 15) is 29.1 Å². The standard InChI is InChI=1S/C38H55N7O7S2/c1-21(2)30(44(6)37(49)33(26-18-53-19-26)43-35(48)29-10-9-25-8-7-11-45(29)17-25)14-31(52-24(5)46)36-42-28(20-54-36)34(47)41-27(12-23(4)38(50)51)13-32-39-15-22(3)16-40-32/h15-16,20-21,23,25-27,29-31,33H,7-14,17-19H2,1-6H3,(H,41,47)(H,43,48)(H,50,51)/t23-,25?,27+,29+,30+,31+,33-/m0/s1. The number of fused-ring (bicyclic) bond motifs is 2. The van der Waals surface area contributed by atoms with Crippen LogP contribution in [0.25, 0.3) is 0 Å². The lowest BCUT2D eigenvalue weighted by atomic mass is 9.85. The third-order valence-electron chi connectivity index (χ3n) is 10.9. The lowest BCUT2D eigenvalue weighted by Crippen LogP contribution is -2.61. The smallest absolute Gasteiger partial charge is 0.306 e. The van der Waals surface area contributed by atoms with E-state index in [2.05, 4.69) is 30.5 Å².